The number of rotatable bonds is 5. The SMILES string of the molecule is CNCCN(C)C(=O)c1ccc(C(N)=O)cc1.Cl. The first-order valence-corrected chi connectivity index (χ1v) is 5.36. The number of halogens is 1. The van der Waals surface area contributed by atoms with Crippen LogP contribution < -0.4 is 11.1 Å². The second kappa shape index (κ2) is 7.68. The molecule has 0 saturated carbocycles. The number of primary amides is 1. The Morgan fingerprint density at radius 3 is 2.17 bits per heavy atom. The van der Waals surface area contributed by atoms with Crippen LogP contribution in [0.25, 0.3) is 0 Å². The van der Waals surface area contributed by atoms with Crippen molar-refractivity contribution in [2.24, 2.45) is 5.73 Å². The summed E-state index contributed by atoms with van der Waals surface area (Å²) in [6.45, 7) is 1.37. The monoisotopic (exact) mass is 271 g/mol. The summed E-state index contributed by atoms with van der Waals surface area (Å²) in [7, 11) is 3.57. The van der Waals surface area contributed by atoms with E-state index in [0.29, 0.717) is 17.7 Å². The molecule has 0 aliphatic carbocycles. The Bertz CT molecular complexity index is 406. The van der Waals surface area contributed by atoms with E-state index >= 15 is 0 Å². The van der Waals surface area contributed by atoms with E-state index in [2.05, 4.69) is 5.32 Å². The molecule has 0 fully saturated rings. The maximum absolute atomic E-state index is 11.9. The molecule has 0 radical (unpaired) electrons. The third-order valence-electron chi connectivity index (χ3n) is 2.46. The summed E-state index contributed by atoms with van der Waals surface area (Å²) < 4.78 is 0. The van der Waals surface area contributed by atoms with Crippen LogP contribution in [0.1, 0.15) is 20.7 Å². The predicted molar refractivity (Wildman–Crippen MR) is 73.1 cm³/mol. The minimum atomic E-state index is -0.493. The van der Waals surface area contributed by atoms with Crippen LogP contribution in [0.15, 0.2) is 24.3 Å². The van der Waals surface area contributed by atoms with Gasteiger partial charge in [0.1, 0.15) is 0 Å². The van der Waals surface area contributed by atoms with Gasteiger partial charge in [0.05, 0.1) is 0 Å². The normalized spacial score (nSPS) is 9.44. The predicted octanol–water partition coefficient (Wildman–Crippen LogP) is 0.499. The summed E-state index contributed by atoms with van der Waals surface area (Å²) in [5.41, 5.74) is 6.07. The lowest BCUT2D eigenvalue weighted by molar-refractivity contribution is 0.0796. The molecule has 0 bridgehead atoms. The standard InChI is InChI=1S/C12H17N3O2.ClH/c1-14-7-8-15(2)12(17)10-5-3-9(4-6-10)11(13)16;/h3-6,14H,7-8H2,1-2H3,(H2,13,16);1H. The van der Waals surface area contributed by atoms with E-state index in [0.717, 1.165) is 6.54 Å². The van der Waals surface area contributed by atoms with Crippen LogP contribution >= 0.6 is 12.4 Å². The van der Waals surface area contributed by atoms with E-state index in [1.807, 2.05) is 7.05 Å². The van der Waals surface area contributed by atoms with Gasteiger partial charge >= 0.3 is 0 Å². The molecule has 0 spiro atoms. The van der Waals surface area contributed by atoms with Crippen molar-refractivity contribution >= 4 is 24.2 Å². The third-order valence-corrected chi connectivity index (χ3v) is 2.46. The van der Waals surface area contributed by atoms with Crippen molar-refractivity contribution in [2.45, 2.75) is 0 Å². The lowest BCUT2D eigenvalue weighted by atomic mass is 10.1. The van der Waals surface area contributed by atoms with Crippen molar-refractivity contribution in [3.8, 4) is 0 Å². The van der Waals surface area contributed by atoms with Gasteiger partial charge < -0.3 is 16.0 Å². The van der Waals surface area contributed by atoms with Gasteiger partial charge in [-0.25, -0.2) is 0 Å². The Morgan fingerprint density at radius 2 is 1.72 bits per heavy atom. The fourth-order valence-electron chi connectivity index (χ4n) is 1.38. The maximum atomic E-state index is 11.9. The van der Waals surface area contributed by atoms with Crippen LogP contribution in [-0.2, 0) is 0 Å². The highest BCUT2D eigenvalue weighted by Gasteiger charge is 2.11. The van der Waals surface area contributed by atoms with Crippen molar-refractivity contribution < 1.29 is 9.59 Å². The average Bonchev–Trinajstić information content (AvgIpc) is 2.35. The number of carbonyl (C=O) groups excluding carboxylic acids is 2. The molecular formula is C12H18ClN3O2. The smallest absolute Gasteiger partial charge is 0.253 e. The molecule has 1 rings (SSSR count). The first kappa shape index (κ1) is 16.4. The summed E-state index contributed by atoms with van der Waals surface area (Å²) in [6, 6.07) is 6.33. The summed E-state index contributed by atoms with van der Waals surface area (Å²) >= 11 is 0. The molecule has 1 aromatic rings. The molecule has 0 unspecified atom stereocenters. The van der Waals surface area contributed by atoms with Crippen LogP contribution in [0, 0.1) is 0 Å². The van der Waals surface area contributed by atoms with Crippen molar-refractivity contribution in [3.05, 3.63) is 35.4 Å². The Balaban J connectivity index is 0.00000289. The summed E-state index contributed by atoms with van der Waals surface area (Å²) in [5, 5.41) is 2.97. The van der Waals surface area contributed by atoms with Crippen molar-refractivity contribution in [3.63, 3.8) is 0 Å². The molecule has 6 heteroatoms. The number of benzene rings is 1. The highest BCUT2D eigenvalue weighted by Crippen LogP contribution is 2.06. The molecule has 0 saturated heterocycles. The van der Waals surface area contributed by atoms with E-state index in [1.54, 1.807) is 36.2 Å². The zero-order valence-corrected chi connectivity index (χ0v) is 11.3. The fourth-order valence-corrected chi connectivity index (χ4v) is 1.38. The molecule has 0 aliphatic heterocycles. The molecule has 0 aromatic heterocycles. The topological polar surface area (TPSA) is 75.4 Å². The number of nitrogens with one attached hydrogen (secondary N) is 1. The van der Waals surface area contributed by atoms with Gasteiger partial charge in [0.15, 0.2) is 0 Å². The lowest BCUT2D eigenvalue weighted by Crippen LogP contribution is -2.32. The minimum Gasteiger partial charge on any atom is -0.366 e. The molecule has 0 atom stereocenters. The van der Waals surface area contributed by atoms with Crippen LogP contribution in [0.4, 0.5) is 0 Å². The van der Waals surface area contributed by atoms with Gasteiger partial charge in [-0.1, -0.05) is 0 Å². The first-order chi connectivity index (χ1) is 8.06. The van der Waals surface area contributed by atoms with Crippen LogP contribution in [0.3, 0.4) is 0 Å². The zero-order valence-electron chi connectivity index (χ0n) is 10.5. The summed E-state index contributed by atoms with van der Waals surface area (Å²) in [6.07, 6.45) is 0. The molecule has 18 heavy (non-hydrogen) atoms. The molecule has 2 amide bonds. The molecule has 3 N–H and O–H groups in total. The number of hydrogen-bond donors (Lipinski definition) is 2. The van der Waals surface area contributed by atoms with Gasteiger partial charge in [0.2, 0.25) is 5.91 Å². The van der Waals surface area contributed by atoms with Crippen molar-refractivity contribution in [1.29, 1.82) is 0 Å². The van der Waals surface area contributed by atoms with Gasteiger partial charge in [-0.05, 0) is 31.3 Å². The highest BCUT2D eigenvalue weighted by atomic mass is 35.5. The maximum Gasteiger partial charge on any atom is 0.253 e. The Labute approximate surface area is 113 Å². The molecular weight excluding hydrogens is 254 g/mol. The fraction of sp³-hybridized carbons (Fsp3) is 0.333. The number of amides is 2. The Morgan fingerprint density at radius 1 is 1.22 bits per heavy atom. The van der Waals surface area contributed by atoms with E-state index in [-0.39, 0.29) is 18.3 Å². The number of hydrogen-bond acceptors (Lipinski definition) is 3. The number of carbonyl (C=O) groups is 2. The van der Waals surface area contributed by atoms with E-state index < -0.39 is 5.91 Å². The second-order valence-corrected chi connectivity index (χ2v) is 3.77. The Hall–Kier alpha value is -1.59. The zero-order chi connectivity index (χ0) is 12.8. The second-order valence-electron chi connectivity index (χ2n) is 3.77. The highest BCUT2D eigenvalue weighted by molar-refractivity contribution is 5.97. The first-order valence-electron chi connectivity index (χ1n) is 5.36. The van der Waals surface area contributed by atoms with E-state index in [1.165, 1.54) is 0 Å². The molecule has 1 aromatic carbocycles. The average molecular weight is 272 g/mol. The lowest BCUT2D eigenvalue weighted by Gasteiger charge is -2.16. The van der Waals surface area contributed by atoms with E-state index in [4.69, 9.17) is 5.73 Å². The quantitative estimate of drug-likeness (QED) is 0.819. The Kier molecular flexibility index (Phi) is 7.00. The molecule has 0 heterocycles. The molecule has 0 aliphatic rings. The largest absolute Gasteiger partial charge is 0.366 e. The van der Waals surface area contributed by atoms with Crippen LogP contribution in [0.5, 0.6) is 0 Å². The van der Waals surface area contributed by atoms with Gasteiger partial charge in [-0.3, -0.25) is 9.59 Å². The van der Waals surface area contributed by atoms with Gasteiger partial charge in [0, 0.05) is 31.3 Å². The van der Waals surface area contributed by atoms with Crippen LogP contribution in [-0.4, -0.2) is 43.9 Å². The van der Waals surface area contributed by atoms with Gasteiger partial charge in [-0.2, -0.15) is 0 Å². The van der Waals surface area contributed by atoms with Gasteiger partial charge in [-0.15, -0.1) is 12.4 Å². The number of nitrogens with zero attached hydrogens (tertiary/aromatic N) is 1. The molecule has 100 valence electrons. The minimum absolute atomic E-state index is 0. The van der Waals surface area contributed by atoms with Crippen LogP contribution in [0.2, 0.25) is 0 Å². The summed E-state index contributed by atoms with van der Waals surface area (Å²) in [4.78, 5) is 24.4. The number of likely N-dealkylation sites (N-methyl/N-ethyl adjacent to an activating group) is 2. The van der Waals surface area contributed by atoms with Gasteiger partial charge in [0.25, 0.3) is 5.91 Å². The number of nitrogens with two attached hydrogens (primary N) is 1. The third kappa shape index (κ3) is 4.35. The van der Waals surface area contributed by atoms with E-state index in [9.17, 15) is 9.59 Å². The summed E-state index contributed by atoms with van der Waals surface area (Å²) in [5.74, 6) is -0.566. The van der Waals surface area contributed by atoms with Crippen molar-refractivity contribution in [1.82, 2.24) is 10.2 Å². The molecule has 5 nitrogen and oxygen atoms in total. The van der Waals surface area contributed by atoms with Crippen molar-refractivity contribution in [2.75, 3.05) is 27.2 Å².